The maximum atomic E-state index is 6.83. The predicted octanol–water partition coefficient (Wildman–Crippen LogP) is 18.4. The minimum Gasteiger partial charge on any atom is -0.456 e. The molecule has 0 aliphatic carbocycles. The summed E-state index contributed by atoms with van der Waals surface area (Å²) in [7, 11) is 0. The van der Waals surface area contributed by atoms with Crippen LogP contribution in [0.4, 0.5) is 0 Å². The third kappa shape index (κ3) is 7.22. The highest BCUT2D eigenvalue weighted by molar-refractivity contribution is 6.15. The summed E-state index contributed by atoms with van der Waals surface area (Å²) in [5.74, 6) is 1.87. The number of hydrogen-bond acceptors (Lipinski definition) is 5. The fourth-order valence-electron chi connectivity index (χ4n) is 11.1. The van der Waals surface area contributed by atoms with Crippen molar-refractivity contribution >= 4 is 65.7 Å². The van der Waals surface area contributed by atoms with Crippen LogP contribution in [-0.2, 0) is 0 Å². The van der Waals surface area contributed by atoms with Gasteiger partial charge in [0, 0.05) is 49.0 Å². The van der Waals surface area contributed by atoms with Crippen LogP contribution in [0, 0.1) is 0 Å². The molecule has 0 aliphatic rings. The van der Waals surface area contributed by atoms with E-state index >= 15 is 0 Å². The quantitative estimate of drug-likeness (QED) is 0.152. The zero-order chi connectivity index (χ0) is 49.4. The Morgan fingerprint density at radius 3 is 1.47 bits per heavy atom. The molecule has 0 saturated carbocycles. The molecular formula is C69H42N4O2. The van der Waals surface area contributed by atoms with Gasteiger partial charge in [0.05, 0.1) is 16.7 Å². The second-order valence-corrected chi connectivity index (χ2v) is 19.1. The van der Waals surface area contributed by atoms with Gasteiger partial charge in [-0.1, -0.05) is 188 Å². The molecule has 0 bridgehead atoms. The van der Waals surface area contributed by atoms with Gasteiger partial charge in [-0.25, -0.2) is 15.0 Å². The fourth-order valence-corrected chi connectivity index (χ4v) is 11.1. The SMILES string of the molecule is c1ccc(-c2ccc3c(c2)c2ccccc2n3-c2cccc3c2oc2ccc(-c4cccc(-c5ccc6oc7cccc(-c8cccc(-c9nc(-c%10ccccc%10)nc(-c%10ccccc%10)n9)c8)c7c6c5)c4)cc23)cc1. The Bertz CT molecular complexity index is 4650. The number of rotatable bonds is 8. The van der Waals surface area contributed by atoms with Gasteiger partial charge in [-0.3, -0.25) is 0 Å². The topological polar surface area (TPSA) is 69.9 Å². The summed E-state index contributed by atoms with van der Waals surface area (Å²) < 4.78 is 15.7. The highest BCUT2D eigenvalue weighted by Crippen LogP contribution is 2.43. The smallest absolute Gasteiger partial charge is 0.164 e. The second-order valence-electron chi connectivity index (χ2n) is 19.1. The molecule has 6 nitrogen and oxygen atoms in total. The largest absolute Gasteiger partial charge is 0.456 e. The van der Waals surface area contributed by atoms with E-state index in [1.807, 2.05) is 60.7 Å². The number of furan rings is 2. The van der Waals surface area contributed by atoms with Crippen LogP contribution in [0.1, 0.15) is 0 Å². The van der Waals surface area contributed by atoms with Gasteiger partial charge in [0.15, 0.2) is 23.1 Å². The molecule has 4 aromatic heterocycles. The molecule has 350 valence electrons. The lowest BCUT2D eigenvalue weighted by Crippen LogP contribution is -2.00. The summed E-state index contributed by atoms with van der Waals surface area (Å²) in [4.78, 5) is 15.0. The molecule has 6 heteroatoms. The van der Waals surface area contributed by atoms with E-state index < -0.39 is 0 Å². The van der Waals surface area contributed by atoms with E-state index in [9.17, 15) is 0 Å². The first-order valence-electron chi connectivity index (χ1n) is 25.2. The summed E-state index contributed by atoms with van der Waals surface area (Å²) >= 11 is 0. The number of nitrogens with zero attached hydrogens (tertiary/aromatic N) is 4. The molecular weight excluding hydrogens is 917 g/mol. The van der Waals surface area contributed by atoms with E-state index in [0.717, 1.165) is 111 Å². The molecule has 0 N–H and O–H groups in total. The lowest BCUT2D eigenvalue weighted by atomic mass is 9.95. The van der Waals surface area contributed by atoms with Gasteiger partial charge in [-0.2, -0.15) is 0 Å². The van der Waals surface area contributed by atoms with Gasteiger partial charge in [-0.15, -0.1) is 0 Å². The molecule has 11 aromatic carbocycles. The molecule has 15 rings (SSSR count). The minimum atomic E-state index is 0.609. The Morgan fingerprint density at radius 2 is 0.747 bits per heavy atom. The van der Waals surface area contributed by atoms with E-state index in [-0.39, 0.29) is 0 Å². The lowest BCUT2D eigenvalue weighted by Gasteiger charge is -2.10. The van der Waals surface area contributed by atoms with Crippen LogP contribution in [0.3, 0.4) is 0 Å². The standard InChI is InChI=1S/C69H42N4O2/c1-4-16-43(17-5-1)48-32-35-60-56(40-48)54-26-10-11-29-59(54)73(60)61-30-14-28-55-57-41-49(33-36-62(57)75-66(55)61)46-22-12-23-47(38-46)50-34-37-63-58(42-50)65-53(27-15-31-64(65)74-63)51-24-13-25-52(39-51)69-71-67(44-18-6-2-7-19-44)70-68(72-69)45-20-8-3-9-21-45/h1-42H. The average Bonchev–Trinajstić information content (AvgIpc) is 4.17. The van der Waals surface area contributed by atoms with Crippen molar-refractivity contribution in [1.29, 1.82) is 0 Å². The highest BCUT2D eigenvalue weighted by Gasteiger charge is 2.20. The van der Waals surface area contributed by atoms with E-state index in [1.165, 1.54) is 21.9 Å². The van der Waals surface area contributed by atoms with Gasteiger partial charge in [0.2, 0.25) is 0 Å². The molecule has 15 aromatic rings. The van der Waals surface area contributed by atoms with Crippen molar-refractivity contribution in [2.45, 2.75) is 0 Å². The van der Waals surface area contributed by atoms with E-state index in [0.29, 0.717) is 17.5 Å². The van der Waals surface area contributed by atoms with E-state index in [4.69, 9.17) is 23.8 Å². The molecule has 75 heavy (non-hydrogen) atoms. The van der Waals surface area contributed by atoms with Gasteiger partial charge in [-0.05, 0) is 111 Å². The number of para-hydroxylation sites is 2. The van der Waals surface area contributed by atoms with Gasteiger partial charge < -0.3 is 13.4 Å². The summed E-state index contributed by atoms with van der Waals surface area (Å²) in [6, 6.07) is 89.3. The van der Waals surface area contributed by atoms with Crippen molar-refractivity contribution in [2.75, 3.05) is 0 Å². The Morgan fingerprint density at radius 1 is 0.267 bits per heavy atom. The average molecular weight is 959 g/mol. The molecule has 0 spiro atoms. The molecule has 0 aliphatic heterocycles. The molecule has 0 unspecified atom stereocenters. The van der Waals surface area contributed by atoms with Crippen molar-refractivity contribution in [2.24, 2.45) is 0 Å². The Hall–Kier alpha value is -10.2. The fraction of sp³-hybridized carbons (Fsp3) is 0. The monoisotopic (exact) mass is 958 g/mol. The predicted molar refractivity (Wildman–Crippen MR) is 307 cm³/mol. The lowest BCUT2D eigenvalue weighted by molar-refractivity contribution is 0.666. The summed E-state index contributed by atoms with van der Waals surface area (Å²) in [5, 5.41) is 6.68. The van der Waals surface area contributed by atoms with Crippen LogP contribution < -0.4 is 0 Å². The van der Waals surface area contributed by atoms with Crippen molar-refractivity contribution in [1.82, 2.24) is 19.5 Å². The first kappa shape index (κ1) is 42.5. The second kappa shape index (κ2) is 17.3. The molecule has 0 fully saturated rings. The zero-order valence-electron chi connectivity index (χ0n) is 40.4. The van der Waals surface area contributed by atoms with Gasteiger partial charge >= 0.3 is 0 Å². The van der Waals surface area contributed by atoms with Crippen molar-refractivity contribution < 1.29 is 8.83 Å². The molecule has 0 saturated heterocycles. The third-order valence-corrected chi connectivity index (χ3v) is 14.7. The van der Waals surface area contributed by atoms with Crippen molar-refractivity contribution in [3.63, 3.8) is 0 Å². The molecule has 4 heterocycles. The Labute approximate surface area is 431 Å². The van der Waals surface area contributed by atoms with Crippen LogP contribution in [0.15, 0.2) is 264 Å². The molecule has 0 amide bonds. The zero-order valence-corrected chi connectivity index (χ0v) is 40.4. The number of hydrogen-bond donors (Lipinski definition) is 0. The van der Waals surface area contributed by atoms with E-state index in [2.05, 4.69) is 199 Å². The first-order valence-corrected chi connectivity index (χ1v) is 25.2. The molecule has 0 atom stereocenters. The van der Waals surface area contributed by atoms with Crippen LogP contribution in [0.5, 0.6) is 0 Å². The van der Waals surface area contributed by atoms with Crippen LogP contribution in [0.25, 0.3) is 150 Å². The summed E-state index contributed by atoms with van der Waals surface area (Å²) in [5.41, 5.74) is 18.4. The Balaban J connectivity index is 0.793. The van der Waals surface area contributed by atoms with Crippen molar-refractivity contribution in [3.05, 3.63) is 255 Å². The molecule has 0 radical (unpaired) electrons. The maximum absolute atomic E-state index is 6.83. The van der Waals surface area contributed by atoms with E-state index in [1.54, 1.807) is 0 Å². The van der Waals surface area contributed by atoms with Crippen LogP contribution >= 0.6 is 0 Å². The Kier molecular flexibility index (Phi) is 9.78. The highest BCUT2D eigenvalue weighted by atomic mass is 16.3. The third-order valence-electron chi connectivity index (χ3n) is 14.7. The van der Waals surface area contributed by atoms with Crippen LogP contribution in [-0.4, -0.2) is 19.5 Å². The van der Waals surface area contributed by atoms with Gasteiger partial charge in [0.25, 0.3) is 0 Å². The number of aromatic nitrogens is 4. The minimum absolute atomic E-state index is 0.609. The summed E-state index contributed by atoms with van der Waals surface area (Å²) in [6.45, 7) is 0. The normalized spacial score (nSPS) is 11.7. The first-order chi connectivity index (χ1) is 37.1. The number of fused-ring (bicyclic) bond motifs is 9. The maximum Gasteiger partial charge on any atom is 0.164 e. The number of benzene rings is 11. The van der Waals surface area contributed by atoms with Crippen molar-refractivity contribution in [3.8, 4) is 84.4 Å². The van der Waals surface area contributed by atoms with Crippen LogP contribution in [0.2, 0.25) is 0 Å². The van der Waals surface area contributed by atoms with Gasteiger partial charge in [0.1, 0.15) is 16.7 Å². The summed E-state index contributed by atoms with van der Waals surface area (Å²) in [6.07, 6.45) is 0.